The normalized spacial score (nSPS) is 14.5. The van der Waals surface area contributed by atoms with E-state index in [0.29, 0.717) is 22.2 Å². The van der Waals surface area contributed by atoms with Crippen molar-refractivity contribution in [2.24, 2.45) is 0 Å². The molecule has 1 aromatic heterocycles. The van der Waals surface area contributed by atoms with Gasteiger partial charge in [0.1, 0.15) is 17.3 Å². The van der Waals surface area contributed by atoms with Crippen molar-refractivity contribution in [1.29, 1.82) is 0 Å². The van der Waals surface area contributed by atoms with Crippen molar-refractivity contribution in [3.05, 3.63) is 46.4 Å². The molecule has 1 amide bonds. The third-order valence-electron chi connectivity index (χ3n) is 4.17. The number of carbonyl (C=O) groups is 1. The number of hydrogen-bond donors (Lipinski definition) is 1. The van der Waals surface area contributed by atoms with Gasteiger partial charge in [-0.3, -0.25) is 4.79 Å². The molecule has 6 heteroatoms. The number of halogens is 1. The monoisotopic (exact) mass is 344 g/mol. The molecule has 0 unspecified atom stereocenters. The quantitative estimate of drug-likeness (QED) is 0.914. The molecular formula is C18H21ClN4O. The Morgan fingerprint density at radius 2 is 1.88 bits per heavy atom. The lowest BCUT2D eigenvalue weighted by Gasteiger charge is -2.28. The number of anilines is 2. The molecule has 0 saturated carbocycles. The zero-order chi connectivity index (χ0) is 17.1. The van der Waals surface area contributed by atoms with E-state index in [1.54, 1.807) is 12.1 Å². The Hall–Kier alpha value is -2.14. The fraction of sp³-hybridized carbons (Fsp3) is 0.389. The van der Waals surface area contributed by atoms with E-state index in [1.165, 1.54) is 6.42 Å². The number of rotatable bonds is 3. The summed E-state index contributed by atoms with van der Waals surface area (Å²) in [5.41, 5.74) is 2.01. The Balaban J connectivity index is 1.81. The summed E-state index contributed by atoms with van der Waals surface area (Å²) >= 11 is 6.11. The van der Waals surface area contributed by atoms with Crippen LogP contribution >= 0.6 is 11.6 Å². The predicted octanol–water partition coefficient (Wildman–Crippen LogP) is 3.99. The SMILES string of the molecule is Cc1nc(C(=O)Nc2ccc(C)c(Cl)c2)cc(N2CCCCC2)n1. The van der Waals surface area contributed by atoms with E-state index in [1.807, 2.05) is 26.0 Å². The van der Waals surface area contributed by atoms with Crippen LogP contribution in [0.2, 0.25) is 5.02 Å². The molecule has 0 bridgehead atoms. The van der Waals surface area contributed by atoms with Crippen molar-refractivity contribution < 1.29 is 4.79 Å². The molecule has 3 rings (SSSR count). The van der Waals surface area contributed by atoms with Crippen molar-refractivity contribution >= 4 is 29.0 Å². The van der Waals surface area contributed by atoms with Gasteiger partial charge in [-0.05, 0) is 50.8 Å². The highest BCUT2D eigenvalue weighted by Crippen LogP contribution is 2.22. The number of carbonyl (C=O) groups excluding carboxylic acids is 1. The molecule has 0 radical (unpaired) electrons. The molecule has 1 N–H and O–H groups in total. The molecule has 1 saturated heterocycles. The lowest BCUT2D eigenvalue weighted by molar-refractivity contribution is 0.102. The van der Waals surface area contributed by atoms with E-state index in [-0.39, 0.29) is 5.91 Å². The fourth-order valence-electron chi connectivity index (χ4n) is 2.82. The highest BCUT2D eigenvalue weighted by Gasteiger charge is 2.17. The third kappa shape index (κ3) is 3.85. The van der Waals surface area contributed by atoms with Gasteiger partial charge in [-0.25, -0.2) is 9.97 Å². The molecule has 2 heterocycles. The van der Waals surface area contributed by atoms with Crippen LogP contribution in [0, 0.1) is 13.8 Å². The van der Waals surface area contributed by atoms with E-state index >= 15 is 0 Å². The second-order valence-electron chi connectivity index (χ2n) is 6.12. The summed E-state index contributed by atoms with van der Waals surface area (Å²) in [6, 6.07) is 7.22. The van der Waals surface area contributed by atoms with Crippen molar-refractivity contribution in [3.8, 4) is 0 Å². The number of benzene rings is 1. The summed E-state index contributed by atoms with van der Waals surface area (Å²) in [6.45, 7) is 5.69. The number of aromatic nitrogens is 2. The van der Waals surface area contributed by atoms with Crippen LogP contribution in [0.3, 0.4) is 0 Å². The molecule has 1 aromatic carbocycles. The third-order valence-corrected chi connectivity index (χ3v) is 4.57. The van der Waals surface area contributed by atoms with Crippen LogP contribution < -0.4 is 10.2 Å². The summed E-state index contributed by atoms with van der Waals surface area (Å²) in [6.07, 6.45) is 3.57. The summed E-state index contributed by atoms with van der Waals surface area (Å²) in [5.74, 6) is 1.18. The first-order chi connectivity index (χ1) is 11.5. The van der Waals surface area contributed by atoms with Gasteiger partial charge in [0.25, 0.3) is 5.91 Å². The van der Waals surface area contributed by atoms with E-state index < -0.39 is 0 Å². The molecule has 24 heavy (non-hydrogen) atoms. The molecule has 2 aromatic rings. The molecule has 126 valence electrons. The van der Waals surface area contributed by atoms with E-state index in [9.17, 15) is 4.79 Å². The predicted molar refractivity (Wildman–Crippen MR) is 97.0 cm³/mol. The zero-order valence-electron chi connectivity index (χ0n) is 14.0. The fourth-order valence-corrected chi connectivity index (χ4v) is 3.00. The van der Waals surface area contributed by atoms with Gasteiger partial charge in [0.2, 0.25) is 0 Å². The van der Waals surface area contributed by atoms with Crippen molar-refractivity contribution in [2.45, 2.75) is 33.1 Å². The van der Waals surface area contributed by atoms with Crippen LogP contribution in [-0.4, -0.2) is 29.0 Å². The van der Waals surface area contributed by atoms with Gasteiger partial charge < -0.3 is 10.2 Å². The number of nitrogens with one attached hydrogen (secondary N) is 1. The minimum atomic E-state index is -0.251. The lowest BCUT2D eigenvalue weighted by Crippen LogP contribution is -2.31. The molecule has 0 spiro atoms. The highest BCUT2D eigenvalue weighted by atomic mass is 35.5. The first-order valence-corrected chi connectivity index (χ1v) is 8.59. The highest BCUT2D eigenvalue weighted by molar-refractivity contribution is 6.31. The van der Waals surface area contributed by atoms with Gasteiger partial charge in [0.05, 0.1) is 0 Å². The largest absolute Gasteiger partial charge is 0.356 e. The maximum Gasteiger partial charge on any atom is 0.274 e. The first-order valence-electron chi connectivity index (χ1n) is 8.21. The van der Waals surface area contributed by atoms with Gasteiger partial charge in [-0.1, -0.05) is 17.7 Å². The number of amides is 1. The molecule has 1 fully saturated rings. The Morgan fingerprint density at radius 3 is 2.58 bits per heavy atom. The van der Waals surface area contributed by atoms with Crippen molar-refractivity contribution in [3.63, 3.8) is 0 Å². The second-order valence-corrected chi connectivity index (χ2v) is 6.53. The van der Waals surface area contributed by atoms with Gasteiger partial charge in [-0.15, -0.1) is 0 Å². The van der Waals surface area contributed by atoms with Crippen LogP contribution in [0.25, 0.3) is 0 Å². The van der Waals surface area contributed by atoms with Crippen molar-refractivity contribution in [2.75, 3.05) is 23.3 Å². The Morgan fingerprint density at radius 1 is 1.12 bits per heavy atom. The standard InChI is InChI=1S/C18H21ClN4O/c1-12-6-7-14(10-15(12)19)22-18(24)16-11-17(21-13(2)20-16)23-8-4-3-5-9-23/h6-7,10-11H,3-5,8-9H2,1-2H3,(H,22,24). The van der Waals surface area contributed by atoms with Crippen LogP contribution in [0.4, 0.5) is 11.5 Å². The maximum atomic E-state index is 12.5. The Labute approximate surface area is 147 Å². The van der Waals surface area contributed by atoms with Crippen LogP contribution in [-0.2, 0) is 0 Å². The average molecular weight is 345 g/mol. The molecule has 5 nitrogen and oxygen atoms in total. The zero-order valence-corrected chi connectivity index (χ0v) is 14.7. The molecule has 0 aliphatic carbocycles. The average Bonchev–Trinajstić information content (AvgIpc) is 2.58. The molecule has 1 aliphatic rings. The topological polar surface area (TPSA) is 58.1 Å². The summed E-state index contributed by atoms with van der Waals surface area (Å²) < 4.78 is 0. The van der Waals surface area contributed by atoms with Gasteiger partial charge in [0, 0.05) is 29.9 Å². The maximum absolute atomic E-state index is 12.5. The van der Waals surface area contributed by atoms with E-state index in [0.717, 1.165) is 37.3 Å². The van der Waals surface area contributed by atoms with Gasteiger partial charge >= 0.3 is 0 Å². The minimum Gasteiger partial charge on any atom is -0.356 e. The minimum absolute atomic E-state index is 0.251. The number of aryl methyl sites for hydroxylation is 2. The Bertz CT molecular complexity index is 757. The lowest BCUT2D eigenvalue weighted by atomic mass is 10.1. The first kappa shape index (κ1) is 16.7. The van der Waals surface area contributed by atoms with Gasteiger partial charge in [0.15, 0.2) is 0 Å². The Kier molecular flexibility index (Phi) is 5.00. The number of piperidine rings is 1. The van der Waals surface area contributed by atoms with Crippen LogP contribution in [0.5, 0.6) is 0 Å². The molecular weight excluding hydrogens is 324 g/mol. The molecule has 0 atom stereocenters. The summed E-state index contributed by atoms with van der Waals surface area (Å²) in [7, 11) is 0. The molecule has 1 aliphatic heterocycles. The van der Waals surface area contributed by atoms with E-state index in [2.05, 4.69) is 20.2 Å². The van der Waals surface area contributed by atoms with Gasteiger partial charge in [-0.2, -0.15) is 0 Å². The number of hydrogen-bond acceptors (Lipinski definition) is 4. The second kappa shape index (κ2) is 7.18. The smallest absolute Gasteiger partial charge is 0.274 e. The van der Waals surface area contributed by atoms with Crippen LogP contribution in [0.15, 0.2) is 24.3 Å². The summed E-state index contributed by atoms with van der Waals surface area (Å²) in [5, 5.41) is 3.48. The van der Waals surface area contributed by atoms with Crippen LogP contribution in [0.1, 0.15) is 41.1 Å². The summed E-state index contributed by atoms with van der Waals surface area (Å²) in [4.78, 5) is 23.5. The number of nitrogens with zero attached hydrogens (tertiary/aromatic N) is 3. The van der Waals surface area contributed by atoms with E-state index in [4.69, 9.17) is 11.6 Å². The van der Waals surface area contributed by atoms with Crippen molar-refractivity contribution in [1.82, 2.24) is 9.97 Å².